The maximum absolute atomic E-state index is 11.8. The van der Waals surface area contributed by atoms with E-state index >= 15 is 0 Å². The Hall–Kier alpha value is -4.02. The molecule has 0 spiro atoms. The van der Waals surface area contributed by atoms with Crippen LogP contribution in [0.2, 0.25) is 5.02 Å². The molecule has 2 aromatic heterocycles. The molecular weight excluding hydrogens is 484 g/mol. The number of carboxylic acids is 2. The van der Waals surface area contributed by atoms with Crippen LogP contribution < -0.4 is 4.74 Å². The minimum absolute atomic E-state index is 0.00159. The summed E-state index contributed by atoms with van der Waals surface area (Å²) in [5.41, 5.74) is 1.26. The largest absolute Gasteiger partial charge is 0.496 e. The molecule has 2 aromatic carbocycles. The molecule has 0 aliphatic carbocycles. The molecule has 0 radical (unpaired) electrons. The highest BCUT2D eigenvalue weighted by atomic mass is 35.5. The number of methoxy groups -OCH3 is 1. The van der Waals surface area contributed by atoms with Gasteiger partial charge in [-0.2, -0.15) is 0 Å². The summed E-state index contributed by atoms with van der Waals surface area (Å²) >= 11 is 6.80. The molecule has 2 heterocycles. The minimum atomic E-state index is -1.21. The van der Waals surface area contributed by atoms with E-state index in [1.807, 2.05) is 0 Å². The van der Waals surface area contributed by atoms with E-state index in [4.69, 9.17) is 30.3 Å². The highest BCUT2D eigenvalue weighted by Crippen LogP contribution is 2.35. The lowest BCUT2D eigenvalue weighted by atomic mass is 10.1. The van der Waals surface area contributed by atoms with Gasteiger partial charge in [0.05, 0.1) is 18.2 Å². The van der Waals surface area contributed by atoms with Crippen molar-refractivity contribution in [1.29, 1.82) is 0 Å². The van der Waals surface area contributed by atoms with E-state index in [2.05, 4.69) is 10.2 Å². The van der Waals surface area contributed by atoms with Gasteiger partial charge in [-0.15, -0.1) is 10.2 Å². The fourth-order valence-electron chi connectivity index (χ4n) is 2.93. The van der Waals surface area contributed by atoms with Crippen LogP contribution in [0.1, 0.15) is 16.1 Å². The molecule has 0 aliphatic rings. The number of carboxylic acid groups (broad SMARTS) is 2. The molecule has 0 atom stereocenters. The number of halogens is 1. The van der Waals surface area contributed by atoms with Crippen LogP contribution in [0.25, 0.3) is 28.9 Å². The molecule has 4 rings (SSSR count). The van der Waals surface area contributed by atoms with E-state index in [9.17, 15) is 14.7 Å². The summed E-state index contributed by atoms with van der Waals surface area (Å²) < 4.78 is 16.6. The van der Waals surface area contributed by atoms with Gasteiger partial charge in [0.2, 0.25) is 0 Å². The number of nitrogens with zero attached hydrogens (tertiary/aromatic N) is 2. The average Bonchev–Trinajstić information content (AvgIpc) is 3.48. The number of hydrogen-bond acceptors (Lipinski definition) is 8. The lowest BCUT2D eigenvalue weighted by Crippen LogP contribution is -1.96. The summed E-state index contributed by atoms with van der Waals surface area (Å²) in [5.74, 6) is -0.927. The Morgan fingerprint density at radius 3 is 2.47 bits per heavy atom. The molecule has 34 heavy (non-hydrogen) atoms. The number of ether oxygens (including phenoxy) is 1. The van der Waals surface area contributed by atoms with Gasteiger partial charge >= 0.3 is 11.9 Å². The topological polar surface area (TPSA) is 136 Å². The lowest BCUT2D eigenvalue weighted by molar-refractivity contribution is -0.131. The summed E-state index contributed by atoms with van der Waals surface area (Å²) in [5, 5.41) is 26.9. The molecule has 0 fully saturated rings. The highest BCUT2D eigenvalue weighted by molar-refractivity contribution is 8.03. The summed E-state index contributed by atoms with van der Waals surface area (Å²) in [7, 11) is 1.49. The van der Waals surface area contributed by atoms with Gasteiger partial charge in [0.1, 0.15) is 22.2 Å². The highest BCUT2D eigenvalue weighted by Gasteiger charge is 2.19. The summed E-state index contributed by atoms with van der Waals surface area (Å²) in [6.45, 7) is 0. The normalized spacial score (nSPS) is 11.4. The van der Waals surface area contributed by atoms with Gasteiger partial charge in [-0.3, -0.25) is 0 Å². The number of carbonyl (C=O) groups is 2. The van der Waals surface area contributed by atoms with Crippen molar-refractivity contribution in [2.75, 3.05) is 7.11 Å². The standard InChI is InChI=1S/C23H15ClN2O7S/c1-31-18-8-6-14(24)10-16(18)20-25-26-23(33-20)34-19(22(29)30)11-15-7-9-17(32-15)12-2-4-13(5-3-12)21(27)28/h2-11H,1H3,(H,27,28)(H,29,30)/b19-11-. The molecule has 0 aliphatic heterocycles. The third-order valence-electron chi connectivity index (χ3n) is 4.52. The van der Waals surface area contributed by atoms with Gasteiger partial charge in [0.15, 0.2) is 0 Å². The number of aliphatic carboxylic acids is 1. The van der Waals surface area contributed by atoms with Crippen LogP contribution in [-0.4, -0.2) is 39.5 Å². The molecule has 172 valence electrons. The van der Waals surface area contributed by atoms with Gasteiger partial charge in [-0.1, -0.05) is 23.7 Å². The van der Waals surface area contributed by atoms with E-state index in [-0.39, 0.29) is 27.3 Å². The third-order valence-corrected chi connectivity index (χ3v) is 5.61. The van der Waals surface area contributed by atoms with Crippen LogP contribution in [0.3, 0.4) is 0 Å². The van der Waals surface area contributed by atoms with Crippen molar-refractivity contribution in [3.05, 3.63) is 75.8 Å². The summed E-state index contributed by atoms with van der Waals surface area (Å²) in [6, 6.07) is 14.3. The van der Waals surface area contributed by atoms with Crippen LogP contribution >= 0.6 is 23.4 Å². The van der Waals surface area contributed by atoms with Crippen molar-refractivity contribution in [2.45, 2.75) is 5.22 Å². The number of aromatic carboxylic acids is 1. The number of rotatable bonds is 8. The fraction of sp³-hybridized carbons (Fsp3) is 0.0435. The number of hydrogen-bond donors (Lipinski definition) is 2. The number of benzene rings is 2. The van der Waals surface area contributed by atoms with Gasteiger partial charge in [-0.25, -0.2) is 9.59 Å². The zero-order chi connectivity index (χ0) is 24.2. The first kappa shape index (κ1) is 23.1. The predicted molar refractivity (Wildman–Crippen MR) is 124 cm³/mol. The summed E-state index contributed by atoms with van der Waals surface area (Å²) in [4.78, 5) is 22.7. The number of thioether (sulfide) groups is 1. The molecular formula is C23H15ClN2O7S. The van der Waals surface area contributed by atoms with Crippen LogP contribution in [0.5, 0.6) is 5.75 Å². The first-order chi connectivity index (χ1) is 16.3. The quantitative estimate of drug-likeness (QED) is 0.234. The lowest BCUT2D eigenvalue weighted by Gasteiger charge is -2.04. The smallest absolute Gasteiger partial charge is 0.342 e. The molecule has 2 N–H and O–H groups in total. The average molecular weight is 499 g/mol. The molecule has 0 unspecified atom stereocenters. The fourth-order valence-corrected chi connectivity index (χ4v) is 3.75. The van der Waals surface area contributed by atoms with Gasteiger partial charge < -0.3 is 23.8 Å². The summed E-state index contributed by atoms with van der Waals surface area (Å²) in [6.07, 6.45) is 1.33. The second kappa shape index (κ2) is 9.86. The second-order valence-electron chi connectivity index (χ2n) is 6.72. The van der Waals surface area contributed by atoms with E-state index < -0.39 is 11.9 Å². The van der Waals surface area contributed by atoms with Crippen LogP contribution in [-0.2, 0) is 4.79 Å². The molecule has 0 saturated heterocycles. The van der Waals surface area contributed by atoms with Crippen molar-refractivity contribution >= 4 is 41.4 Å². The van der Waals surface area contributed by atoms with Gasteiger partial charge in [0, 0.05) is 16.7 Å². The molecule has 4 aromatic rings. The molecule has 0 bridgehead atoms. The predicted octanol–water partition coefficient (Wildman–Crippen LogP) is 5.57. The van der Waals surface area contributed by atoms with Crippen LogP contribution in [0.15, 0.2) is 73.6 Å². The molecule has 9 nitrogen and oxygen atoms in total. The van der Waals surface area contributed by atoms with Crippen molar-refractivity contribution < 1.29 is 33.4 Å². The Bertz CT molecular complexity index is 1390. The Morgan fingerprint density at radius 2 is 1.79 bits per heavy atom. The van der Waals surface area contributed by atoms with Crippen LogP contribution in [0, 0.1) is 0 Å². The Kier molecular flexibility index (Phi) is 6.71. The molecule has 11 heteroatoms. The number of aromatic nitrogens is 2. The monoisotopic (exact) mass is 498 g/mol. The van der Waals surface area contributed by atoms with Gasteiger partial charge in [-0.05, 0) is 54.2 Å². The Morgan fingerprint density at radius 1 is 1.03 bits per heavy atom. The van der Waals surface area contributed by atoms with E-state index in [1.165, 1.54) is 25.3 Å². The van der Waals surface area contributed by atoms with E-state index in [0.717, 1.165) is 11.8 Å². The maximum atomic E-state index is 11.8. The van der Waals surface area contributed by atoms with Crippen molar-refractivity contribution in [3.63, 3.8) is 0 Å². The third kappa shape index (κ3) is 5.13. The SMILES string of the molecule is COc1ccc(Cl)cc1-c1nnc(S/C(=C\c2ccc(-c3ccc(C(=O)O)cc3)o2)C(=O)O)o1. The second-order valence-corrected chi connectivity index (χ2v) is 8.15. The first-order valence-corrected chi connectivity index (χ1v) is 10.8. The maximum Gasteiger partial charge on any atom is 0.342 e. The van der Waals surface area contributed by atoms with Crippen LogP contribution in [0.4, 0.5) is 0 Å². The van der Waals surface area contributed by atoms with Crippen molar-refractivity contribution in [1.82, 2.24) is 10.2 Å². The Balaban J connectivity index is 1.56. The number of furan rings is 1. The van der Waals surface area contributed by atoms with Crippen molar-refractivity contribution in [3.8, 4) is 28.5 Å². The Labute approximate surface area is 201 Å². The molecule has 0 saturated carbocycles. The van der Waals surface area contributed by atoms with Crippen molar-refractivity contribution in [2.24, 2.45) is 0 Å². The molecule has 0 amide bonds. The van der Waals surface area contributed by atoms with Gasteiger partial charge in [0.25, 0.3) is 11.1 Å². The van der Waals surface area contributed by atoms with E-state index in [1.54, 1.807) is 42.5 Å². The first-order valence-electron chi connectivity index (χ1n) is 9.58. The van der Waals surface area contributed by atoms with E-state index in [0.29, 0.717) is 27.7 Å². The zero-order valence-electron chi connectivity index (χ0n) is 17.4. The zero-order valence-corrected chi connectivity index (χ0v) is 19.0. The minimum Gasteiger partial charge on any atom is -0.496 e.